The van der Waals surface area contributed by atoms with E-state index in [1.165, 1.54) is 44.4 Å². The number of benzene rings is 3. The van der Waals surface area contributed by atoms with Crippen LogP contribution in [0.25, 0.3) is 0 Å². The number of methoxy groups -OCH3 is 1. The first-order chi connectivity index (χ1) is 15.1. The molecule has 11 heteroatoms. The van der Waals surface area contributed by atoms with Crippen LogP contribution in [-0.4, -0.2) is 31.5 Å². The quantitative estimate of drug-likeness (QED) is 0.278. The second-order valence-electron chi connectivity index (χ2n) is 6.65. The lowest BCUT2D eigenvalue weighted by molar-refractivity contribution is -0.385. The maximum atomic E-state index is 12.8. The SMILES string of the molecule is COc1ccccc1NS(=O)(=O)c1ccc(O)c(NC(=O)c2cccc([N+](=O)[O-])c2C)c1. The Kier molecular flexibility index (Phi) is 6.30. The molecule has 0 fully saturated rings. The average Bonchev–Trinajstić information content (AvgIpc) is 2.75. The van der Waals surface area contributed by atoms with E-state index in [9.17, 15) is 28.4 Å². The van der Waals surface area contributed by atoms with Crippen molar-refractivity contribution in [1.82, 2.24) is 0 Å². The van der Waals surface area contributed by atoms with Crippen LogP contribution in [0.2, 0.25) is 0 Å². The summed E-state index contributed by atoms with van der Waals surface area (Å²) in [6.07, 6.45) is 0. The highest BCUT2D eigenvalue weighted by Crippen LogP contribution is 2.31. The molecule has 0 spiro atoms. The third-order valence-corrected chi connectivity index (χ3v) is 5.99. The van der Waals surface area contributed by atoms with Gasteiger partial charge in [-0.2, -0.15) is 0 Å². The van der Waals surface area contributed by atoms with Crippen molar-refractivity contribution in [2.75, 3.05) is 17.1 Å². The van der Waals surface area contributed by atoms with Crippen LogP contribution < -0.4 is 14.8 Å². The Morgan fingerprint density at radius 1 is 1.06 bits per heavy atom. The number of aromatic hydroxyl groups is 1. The molecule has 32 heavy (non-hydrogen) atoms. The van der Waals surface area contributed by atoms with E-state index in [1.54, 1.807) is 18.2 Å². The lowest BCUT2D eigenvalue weighted by atomic mass is 10.1. The normalized spacial score (nSPS) is 10.9. The van der Waals surface area contributed by atoms with Crippen molar-refractivity contribution in [3.05, 3.63) is 81.9 Å². The molecular formula is C21H19N3O7S. The average molecular weight is 457 g/mol. The summed E-state index contributed by atoms with van der Waals surface area (Å²) in [6, 6.07) is 13.8. The molecule has 0 atom stereocenters. The highest BCUT2D eigenvalue weighted by atomic mass is 32.2. The highest BCUT2D eigenvalue weighted by molar-refractivity contribution is 7.92. The first kappa shape index (κ1) is 22.6. The minimum Gasteiger partial charge on any atom is -0.506 e. The van der Waals surface area contributed by atoms with Crippen LogP contribution >= 0.6 is 0 Å². The van der Waals surface area contributed by atoms with Crippen LogP contribution in [0.3, 0.4) is 0 Å². The number of carbonyl (C=O) groups is 1. The van der Waals surface area contributed by atoms with Gasteiger partial charge in [0.2, 0.25) is 0 Å². The molecule has 3 aromatic rings. The Labute approximate surface area is 183 Å². The molecule has 3 aromatic carbocycles. The predicted molar refractivity (Wildman–Crippen MR) is 118 cm³/mol. The first-order valence-electron chi connectivity index (χ1n) is 9.18. The molecule has 3 N–H and O–H groups in total. The number of nitro groups is 1. The van der Waals surface area contributed by atoms with Crippen molar-refractivity contribution >= 4 is 33.0 Å². The zero-order valence-corrected chi connectivity index (χ0v) is 17.8. The number of hydrogen-bond donors (Lipinski definition) is 3. The molecule has 166 valence electrons. The van der Waals surface area contributed by atoms with E-state index >= 15 is 0 Å². The molecule has 10 nitrogen and oxygen atoms in total. The van der Waals surface area contributed by atoms with Gasteiger partial charge in [-0.05, 0) is 43.3 Å². The number of sulfonamides is 1. The molecule has 0 aliphatic carbocycles. The Balaban J connectivity index is 1.92. The molecule has 0 aliphatic rings. The molecule has 0 aliphatic heterocycles. The Morgan fingerprint density at radius 2 is 1.78 bits per heavy atom. The Bertz CT molecular complexity index is 1310. The summed E-state index contributed by atoms with van der Waals surface area (Å²) in [5, 5.41) is 23.6. The summed E-state index contributed by atoms with van der Waals surface area (Å²) in [6.45, 7) is 1.42. The van der Waals surface area contributed by atoms with Gasteiger partial charge in [-0.1, -0.05) is 18.2 Å². The van der Waals surface area contributed by atoms with Crippen molar-refractivity contribution in [3.63, 3.8) is 0 Å². The summed E-state index contributed by atoms with van der Waals surface area (Å²) in [7, 11) is -2.69. The number of nitrogens with zero attached hydrogens (tertiary/aromatic N) is 1. The fraction of sp³-hybridized carbons (Fsp3) is 0.0952. The molecular weight excluding hydrogens is 438 g/mol. The van der Waals surface area contributed by atoms with E-state index in [0.29, 0.717) is 5.75 Å². The largest absolute Gasteiger partial charge is 0.506 e. The lowest BCUT2D eigenvalue weighted by Gasteiger charge is -2.14. The lowest BCUT2D eigenvalue weighted by Crippen LogP contribution is -2.16. The van der Waals surface area contributed by atoms with E-state index < -0.39 is 20.9 Å². The maximum absolute atomic E-state index is 12.8. The molecule has 1 amide bonds. The van der Waals surface area contributed by atoms with Crippen LogP contribution in [0.5, 0.6) is 11.5 Å². The van der Waals surface area contributed by atoms with Crippen molar-refractivity contribution in [3.8, 4) is 11.5 Å². The summed E-state index contributed by atoms with van der Waals surface area (Å²) in [4.78, 5) is 22.9. The minimum absolute atomic E-state index is 0.0130. The van der Waals surface area contributed by atoms with Gasteiger partial charge in [0.25, 0.3) is 21.6 Å². The predicted octanol–water partition coefficient (Wildman–Crippen LogP) is 3.67. The van der Waals surface area contributed by atoms with Gasteiger partial charge < -0.3 is 15.2 Å². The van der Waals surface area contributed by atoms with Gasteiger partial charge in [-0.3, -0.25) is 19.6 Å². The van der Waals surface area contributed by atoms with E-state index in [2.05, 4.69) is 10.0 Å². The van der Waals surface area contributed by atoms with Crippen molar-refractivity contribution < 1.29 is 28.0 Å². The molecule has 0 heterocycles. The highest BCUT2D eigenvalue weighted by Gasteiger charge is 2.21. The molecule has 3 rings (SSSR count). The number of carbonyl (C=O) groups excluding carboxylic acids is 1. The number of ether oxygens (including phenoxy) is 1. The van der Waals surface area contributed by atoms with Gasteiger partial charge in [0.1, 0.15) is 11.5 Å². The molecule has 0 unspecified atom stereocenters. The van der Waals surface area contributed by atoms with Gasteiger partial charge in [0, 0.05) is 17.2 Å². The second kappa shape index (κ2) is 8.94. The summed E-state index contributed by atoms with van der Waals surface area (Å²) >= 11 is 0. The van der Waals surface area contributed by atoms with E-state index in [0.717, 1.165) is 12.1 Å². The summed E-state index contributed by atoms with van der Waals surface area (Å²) < 4.78 is 33.2. The van der Waals surface area contributed by atoms with Gasteiger partial charge in [0.05, 0.1) is 28.3 Å². The summed E-state index contributed by atoms with van der Waals surface area (Å²) in [5.41, 5.74) is -0.0565. The smallest absolute Gasteiger partial charge is 0.273 e. The fourth-order valence-electron chi connectivity index (χ4n) is 2.97. The zero-order chi connectivity index (χ0) is 23.5. The van der Waals surface area contributed by atoms with Crippen molar-refractivity contribution in [2.24, 2.45) is 0 Å². The number of anilines is 2. The number of phenolic OH excluding ortho intramolecular Hbond substituents is 1. The first-order valence-corrected chi connectivity index (χ1v) is 10.7. The zero-order valence-electron chi connectivity index (χ0n) is 17.0. The van der Waals surface area contributed by atoms with Crippen LogP contribution in [0.4, 0.5) is 17.1 Å². The van der Waals surface area contributed by atoms with E-state index in [-0.39, 0.29) is 38.8 Å². The Hall–Kier alpha value is -4.12. The number of rotatable bonds is 7. The van der Waals surface area contributed by atoms with Gasteiger partial charge in [-0.25, -0.2) is 8.42 Å². The number of hydrogen-bond acceptors (Lipinski definition) is 7. The maximum Gasteiger partial charge on any atom is 0.273 e. The Morgan fingerprint density at radius 3 is 2.47 bits per heavy atom. The number of nitrogens with one attached hydrogen (secondary N) is 2. The fourth-order valence-corrected chi connectivity index (χ4v) is 4.07. The van der Waals surface area contributed by atoms with Crippen molar-refractivity contribution in [1.29, 1.82) is 0 Å². The van der Waals surface area contributed by atoms with Crippen LogP contribution in [0.15, 0.2) is 65.6 Å². The number of nitro benzene ring substituents is 1. The molecule has 0 radical (unpaired) electrons. The third-order valence-electron chi connectivity index (χ3n) is 4.62. The van der Waals surface area contributed by atoms with Crippen LogP contribution in [-0.2, 0) is 10.0 Å². The summed E-state index contributed by atoms with van der Waals surface area (Å²) in [5.74, 6) is -0.809. The van der Waals surface area contributed by atoms with Gasteiger partial charge in [-0.15, -0.1) is 0 Å². The van der Waals surface area contributed by atoms with Gasteiger partial charge >= 0.3 is 0 Å². The second-order valence-corrected chi connectivity index (χ2v) is 8.33. The van der Waals surface area contributed by atoms with Crippen LogP contribution in [0, 0.1) is 17.0 Å². The molecule has 0 saturated heterocycles. The number of para-hydroxylation sites is 2. The number of amides is 1. The third kappa shape index (κ3) is 4.62. The van der Waals surface area contributed by atoms with Crippen molar-refractivity contribution in [2.45, 2.75) is 11.8 Å². The minimum atomic E-state index is -4.09. The molecule has 0 saturated carbocycles. The molecule has 0 aromatic heterocycles. The van der Waals surface area contributed by atoms with E-state index in [4.69, 9.17) is 4.74 Å². The van der Waals surface area contributed by atoms with E-state index in [1.807, 2.05) is 0 Å². The van der Waals surface area contributed by atoms with Gasteiger partial charge in [0.15, 0.2) is 0 Å². The van der Waals surface area contributed by atoms with Crippen LogP contribution in [0.1, 0.15) is 15.9 Å². The monoisotopic (exact) mass is 457 g/mol. The topological polar surface area (TPSA) is 148 Å². The molecule has 0 bridgehead atoms. The standard InChI is InChI=1S/C21H19N3O7S/c1-13-15(6-5-8-18(13)24(27)28)21(26)22-17-12-14(10-11-19(17)25)32(29,30)23-16-7-3-4-9-20(16)31-2/h3-12,23,25H,1-2H3,(H,22,26). The number of phenols is 1.